The summed E-state index contributed by atoms with van der Waals surface area (Å²) in [5.74, 6) is 0. The summed E-state index contributed by atoms with van der Waals surface area (Å²) in [4.78, 5) is 2.27. The largest absolute Gasteiger partial charge is 0.396 e. The van der Waals surface area contributed by atoms with Gasteiger partial charge < -0.3 is 20.1 Å². The van der Waals surface area contributed by atoms with E-state index in [1.54, 1.807) is 7.11 Å². The van der Waals surface area contributed by atoms with Crippen LogP contribution in [0.4, 0.5) is 0 Å². The van der Waals surface area contributed by atoms with Gasteiger partial charge in [-0.15, -0.1) is 0 Å². The van der Waals surface area contributed by atoms with Gasteiger partial charge in [0.05, 0.1) is 6.61 Å². The number of aliphatic hydroxyl groups excluding tert-OH is 1. The second-order valence-corrected chi connectivity index (χ2v) is 5.69. The Bertz CT molecular complexity index is 206. The molecule has 2 N–H and O–H groups in total. The number of nitrogens with zero attached hydrogens (tertiary/aromatic N) is 1. The standard InChI is InChI=1S/C14H30N2O2/c1-16(10-11-18-2)9-8-15-12-14(13-17)6-4-3-5-7-14/h15,17H,3-13H2,1-2H3. The van der Waals surface area contributed by atoms with Crippen LogP contribution < -0.4 is 5.32 Å². The molecule has 0 unspecified atom stereocenters. The van der Waals surface area contributed by atoms with Crippen LogP contribution in [0.3, 0.4) is 0 Å². The summed E-state index contributed by atoms with van der Waals surface area (Å²) in [6.07, 6.45) is 6.24. The smallest absolute Gasteiger partial charge is 0.0589 e. The topological polar surface area (TPSA) is 44.7 Å². The van der Waals surface area contributed by atoms with Crippen LogP contribution in [0.5, 0.6) is 0 Å². The molecule has 0 aromatic heterocycles. The van der Waals surface area contributed by atoms with Crippen LogP contribution in [0, 0.1) is 5.41 Å². The summed E-state index contributed by atoms with van der Waals surface area (Å²) in [6.45, 7) is 5.08. The Kier molecular flexibility index (Phi) is 7.82. The van der Waals surface area contributed by atoms with Crippen molar-refractivity contribution in [3.63, 3.8) is 0 Å². The lowest BCUT2D eigenvalue weighted by atomic mass is 9.74. The minimum atomic E-state index is 0.156. The highest BCUT2D eigenvalue weighted by atomic mass is 16.5. The Hall–Kier alpha value is -0.160. The maximum Gasteiger partial charge on any atom is 0.0589 e. The molecule has 108 valence electrons. The molecule has 0 amide bonds. The van der Waals surface area contributed by atoms with Crippen LogP contribution in [0.25, 0.3) is 0 Å². The van der Waals surface area contributed by atoms with Crippen LogP contribution in [-0.2, 0) is 4.74 Å². The van der Waals surface area contributed by atoms with Crippen molar-refractivity contribution < 1.29 is 9.84 Å². The molecule has 1 fully saturated rings. The third kappa shape index (κ3) is 5.65. The van der Waals surface area contributed by atoms with Crippen molar-refractivity contribution in [2.45, 2.75) is 32.1 Å². The van der Waals surface area contributed by atoms with E-state index in [-0.39, 0.29) is 5.41 Å². The van der Waals surface area contributed by atoms with Gasteiger partial charge in [0.1, 0.15) is 0 Å². The summed E-state index contributed by atoms with van der Waals surface area (Å²) in [6, 6.07) is 0. The first kappa shape index (κ1) is 15.9. The number of ether oxygens (including phenoxy) is 1. The molecule has 4 heteroatoms. The van der Waals surface area contributed by atoms with E-state index in [0.717, 1.165) is 32.8 Å². The summed E-state index contributed by atoms with van der Waals surface area (Å²) < 4.78 is 5.05. The zero-order valence-corrected chi connectivity index (χ0v) is 12.1. The molecule has 0 spiro atoms. The molecule has 0 aliphatic heterocycles. The molecular weight excluding hydrogens is 228 g/mol. The summed E-state index contributed by atoms with van der Waals surface area (Å²) in [5, 5.41) is 13.1. The van der Waals surface area contributed by atoms with Crippen LogP contribution in [0.15, 0.2) is 0 Å². The highest BCUT2D eigenvalue weighted by Gasteiger charge is 2.30. The van der Waals surface area contributed by atoms with Gasteiger partial charge in [0, 0.05) is 45.3 Å². The molecule has 18 heavy (non-hydrogen) atoms. The fourth-order valence-electron chi connectivity index (χ4n) is 2.67. The molecule has 0 aromatic rings. The van der Waals surface area contributed by atoms with Gasteiger partial charge in [0.15, 0.2) is 0 Å². The van der Waals surface area contributed by atoms with Gasteiger partial charge in [0.2, 0.25) is 0 Å². The Balaban J connectivity index is 2.11. The molecule has 1 aliphatic rings. The molecule has 0 aromatic carbocycles. The fraction of sp³-hybridized carbons (Fsp3) is 1.00. The average Bonchev–Trinajstić information content (AvgIpc) is 2.42. The van der Waals surface area contributed by atoms with Gasteiger partial charge in [-0.05, 0) is 19.9 Å². The molecule has 4 nitrogen and oxygen atoms in total. The van der Waals surface area contributed by atoms with Gasteiger partial charge in [-0.3, -0.25) is 0 Å². The minimum absolute atomic E-state index is 0.156. The third-order valence-electron chi connectivity index (χ3n) is 4.10. The number of aliphatic hydroxyl groups is 1. The second kappa shape index (κ2) is 8.86. The Labute approximate surface area is 112 Å². The molecule has 0 radical (unpaired) electrons. The molecular formula is C14H30N2O2. The zero-order valence-electron chi connectivity index (χ0n) is 12.1. The van der Waals surface area contributed by atoms with E-state index in [1.165, 1.54) is 32.1 Å². The predicted octanol–water partition coefficient (Wildman–Crippen LogP) is 1.10. The van der Waals surface area contributed by atoms with Crippen LogP contribution in [0.2, 0.25) is 0 Å². The Morgan fingerprint density at radius 1 is 1.22 bits per heavy atom. The number of likely N-dealkylation sites (N-methyl/N-ethyl adjacent to an activating group) is 1. The first-order valence-electron chi connectivity index (χ1n) is 7.21. The highest BCUT2D eigenvalue weighted by molar-refractivity contribution is 4.84. The van der Waals surface area contributed by atoms with Crippen LogP contribution in [0.1, 0.15) is 32.1 Å². The number of rotatable bonds is 9. The van der Waals surface area contributed by atoms with Crippen molar-refractivity contribution in [3.8, 4) is 0 Å². The van der Waals surface area contributed by atoms with E-state index in [9.17, 15) is 5.11 Å². The SMILES string of the molecule is COCCN(C)CCNCC1(CO)CCCCC1. The predicted molar refractivity (Wildman–Crippen MR) is 74.8 cm³/mol. The average molecular weight is 258 g/mol. The van der Waals surface area contributed by atoms with Gasteiger partial charge in [-0.25, -0.2) is 0 Å². The van der Waals surface area contributed by atoms with Gasteiger partial charge in [-0.1, -0.05) is 19.3 Å². The second-order valence-electron chi connectivity index (χ2n) is 5.69. The monoisotopic (exact) mass is 258 g/mol. The molecule has 0 bridgehead atoms. The quantitative estimate of drug-likeness (QED) is 0.608. The lowest BCUT2D eigenvalue weighted by Gasteiger charge is -2.36. The van der Waals surface area contributed by atoms with E-state index in [4.69, 9.17) is 4.74 Å². The summed E-state index contributed by atoms with van der Waals surface area (Å²) in [5.41, 5.74) is 0.156. The fourth-order valence-corrected chi connectivity index (χ4v) is 2.67. The van der Waals surface area contributed by atoms with E-state index < -0.39 is 0 Å². The Morgan fingerprint density at radius 2 is 1.94 bits per heavy atom. The molecule has 1 rings (SSSR count). The maximum atomic E-state index is 9.60. The highest BCUT2D eigenvalue weighted by Crippen LogP contribution is 2.35. The van der Waals surface area contributed by atoms with Gasteiger partial charge in [0.25, 0.3) is 0 Å². The first-order chi connectivity index (χ1) is 8.72. The van der Waals surface area contributed by atoms with Crippen LogP contribution in [-0.4, -0.2) is 63.6 Å². The van der Waals surface area contributed by atoms with Crippen molar-refractivity contribution in [2.75, 3.05) is 53.6 Å². The normalized spacial score (nSPS) is 19.3. The number of hydrogen-bond acceptors (Lipinski definition) is 4. The van der Waals surface area contributed by atoms with E-state index in [1.807, 2.05) is 0 Å². The van der Waals surface area contributed by atoms with Crippen molar-refractivity contribution in [1.29, 1.82) is 0 Å². The van der Waals surface area contributed by atoms with E-state index >= 15 is 0 Å². The molecule has 0 heterocycles. The van der Waals surface area contributed by atoms with E-state index in [2.05, 4.69) is 17.3 Å². The van der Waals surface area contributed by atoms with Crippen molar-refractivity contribution >= 4 is 0 Å². The molecule has 1 aliphatic carbocycles. The molecule has 0 saturated heterocycles. The summed E-state index contributed by atoms with van der Waals surface area (Å²) >= 11 is 0. The lowest BCUT2D eigenvalue weighted by molar-refractivity contribution is 0.0805. The van der Waals surface area contributed by atoms with Gasteiger partial charge >= 0.3 is 0 Å². The van der Waals surface area contributed by atoms with Gasteiger partial charge in [-0.2, -0.15) is 0 Å². The molecule has 1 saturated carbocycles. The lowest BCUT2D eigenvalue weighted by Crippen LogP contribution is -2.41. The van der Waals surface area contributed by atoms with Crippen LogP contribution >= 0.6 is 0 Å². The number of methoxy groups -OCH3 is 1. The van der Waals surface area contributed by atoms with Crippen molar-refractivity contribution in [3.05, 3.63) is 0 Å². The summed E-state index contributed by atoms with van der Waals surface area (Å²) in [7, 11) is 3.85. The number of hydrogen-bond donors (Lipinski definition) is 2. The maximum absolute atomic E-state index is 9.60. The number of nitrogens with one attached hydrogen (secondary N) is 1. The van der Waals surface area contributed by atoms with Crippen molar-refractivity contribution in [1.82, 2.24) is 10.2 Å². The van der Waals surface area contributed by atoms with Crippen molar-refractivity contribution in [2.24, 2.45) is 5.41 Å². The molecule has 0 atom stereocenters. The Morgan fingerprint density at radius 3 is 2.56 bits per heavy atom. The third-order valence-corrected chi connectivity index (χ3v) is 4.10. The minimum Gasteiger partial charge on any atom is -0.396 e. The zero-order chi connectivity index (χ0) is 13.3. The van der Waals surface area contributed by atoms with E-state index in [0.29, 0.717) is 6.61 Å². The first-order valence-corrected chi connectivity index (χ1v) is 7.21.